The van der Waals surface area contributed by atoms with Crippen molar-refractivity contribution in [3.63, 3.8) is 0 Å². The van der Waals surface area contributed by atoms with Crippen molar-refractivity contribution in [1.82, 2.24) is 20.1 Å². The van der Waals surface area contributed by atoms with Gasteiger partial charge in [0.25, 0.3) is 20.0 Å². The summed E-state index contributed by atoms with van der Waals surface area (Å²) in [6, 6.07) is 11.9. The molecule has 2 aromatic carbocycles. The Morgan fingerprint density at radius 3 is 1.73 bits per heavy atom. The van der Waals surface area contributed by atoms with Crippen LogP contribution in [0.2, 0.25) is 10.0 Å². The number of halogens is 2. The molecule has 0 saturated heterocycles. The Bertz CT molecular complexity index is 1380. The van der Waals surface area contributed by atoms with E-state index in [0.29, 0.717) is 101 Å². The minimum atomic E-state index is -3.85. The third-order valence-electron chi connectivity index (χ3n) is 6.76. The van der Waals surface area contributed by atoms with E-state index in [1.54, 1.807) is 0 Å². The number of ether oxygens (including phenoxy) is 3. The molecule has 0 spiro atoms. The number of hydrogen-bond donors (Lipinski definition) is 4. The van der Waals surface area contributed by atoms with Gasteiger partial charge in [0.15, 0.2) is 0 Å². The SMILES string of the molecule is O=S(=O)(NC1=NCCCOCCOCCCNC(NS(=O)(=O)c2ccc(Cl)cc2)=NCCCOCCCCCNC1)c1ccc(Cl)cc1. The first kappa shape index (κ1) is 39.9. The van der Waals surface area contributed by atoms with Gasteiger partial charge in [-0.3, -0.25) is 14.7 Å². The molecule has 0 fully saturated rings. The molecule has 0 saturated carbocycles. The molecule has 4 N–H and O–H groups in total. The van der Waals surface area contributed by atoms with Crippen LogP contribution in [0.4, 0.5) is 0 Å². The molecule has 1 aliphatic rings. The van der Waals surface area contributed by atoms with E-state index in [1.807, 2.05) is 0 Å². The minimum Gasteiger partial charge on any atom is -0.381 e. The lowest BCUT2D eigenvalue weighted by atomic mass is 10.2. The molecule has 0 aliphatic carbocycles. The van der Waals surface area contributed by atoms with Crippen LogP contribution < -0.4 is 20.1 Å². The Labute approximate surface area is 294 Å². The van der Waals surface area contributed by atoms with E-state index < -0.39 is 20.0 Å². The molecular weight excluding hydrogens is 703 g/mol. The van der Waals surface area contributed by atoms with Gasteiger partial charge in [-0.1, -0.05) is 23.2 Å². The first-order chi connectivity index (χ1) is 23.2. The molecule has 17 heteroatoms. The summed E-state index contributed by atoms with van der Waals surface area (Å²) < 4.78 is 73.8. The van der Waals surface area contributed by atoms with E-state index in [1.165, 1.54) is 48.5 Å². The lowest BCUT2D eigenvalue weighted by molar-refractivity contribution is 0.0469. The molecule has 0 aromatic heterocycles. The third-order valence-corrected chi connectivity index (χ3v) is 10.0. The van der Waals surface area contributed by atoms with E-state index in [4.69, 9.17) is 37.4 Å². The molecule has 13 nitrogen and oxygen atoms in total. The quantitative estimate of drug-likeness (QED) is 0.365. The fraction of sp³-hybridized carbons (Fsp3) is 0.548. The fourth-order valence-corrected chi connectivity index (χ4v) is 6.57. The summed E-state index contributed by atoms with van der Waals surface area (Å²) in [5.41, 5.74) is 0. The van der Waals surface area contributed by atoms with Crippen LogP contribution in [-0.2, 0) is 34.3 Å². The largest absolute Gasteiger partial charge is 0.381 e. The van der Waals surface area contributed by atoms with Crippen LogP contribution in [0, 0.1) is 0 Å². The highest BCUT2D eigenvalue weighted by Crippen LogP contribution is 2.15. The van der Waals surface area contributed by atoms with Crippen LogP contribution in [0.1, 0.15) is 38.5 Å². The van der Waals surface area contributed by atoms with Crippen molar-refractivity contribution in [2.75, 3.05) is 72.4 Å². The predicted molar refractivity (Wildman–Crippen MR) is 189 cm³/mol. The van der Waals surface area contributed by atoms with Gasteiger partial charge in [-0.25, -0.2) is 21.6 Å². The van der Waals surface area contributed by atoms with Crippen molar-refractivity contribution in [2.45, 2.75) is 48.3 Å². The molecule has 3 rings (SSSR count). The number of benzene rings is 2. The van der Waals surface area contributed by atoms with Gasteiger partial charge in [0.05, 0.1) is 29.5 Å². The van der Waals surface area contributed by atoms with Gasteiger partial charge in [-0.05, 0) is 93.6 Å². The Hall–Kier alpha value is -2.50. The summed E-state index contributed by atoms with van der Waals surface area (Å²) in [5.74, 6) is 0.487. The lowest BCUT2D eigenvalue weighted by Crippen LogP contribution is -2.41. The number of guanidine groups is 1. The molecule has 0 amide bonds. The molecule has 1 heterocycles. The molecule has 0 unspecified atom stereocenters. The van der Waals surface area contributed by atoms with Gasteiger partial charge in [0.2, 0.25) is 5.96 Å². The maximum Gasteiger partial charge on any atom is 0.264 e. The van der Waals surface area contributed by atoms with Crippen molar-refractivity contribution in [3.05, 3.63) is 58.6 Å². The van der Waals surface area contributed by atoms with Crippen molar-refractivity contribution < 1.29 is 31.0 Å². The number of nitrogens with one attached hydrogen (secondary N) is 4. The number of hydrogen-bond acceptors (Lipinski definition) is 11. The van der Waals surface area contributed by atoms with E-state index in [2.05, 4.69) is 30.1 Å². The second kappa shape index (κ2) is 22.3. The Morgan fingerprint density at radius 1 is 0.583 bits per heavy atom. The van der Waals surface area contributed by atoms with Crippen molar-refractivity contribution >= 4 is 55.0 Å². The molecule has 48 heavy (non-hydrogen) atoms. The van der Waals surface area contributed by atoms with E-state index >= 15 is 0 Å². The van der Waals surface area contributed by atoms with Crippen LogP contribution in [0.5, 0.6) is 0 Å². The fourth-order valence-electron chi connectivity index (χ4n) is 4.26. The highest BCUT2D eigenvalue weighted by atomic mass is 35.5. The number of amidine groups is 1. The summed E-state index contributed by atoms with van der Waals surface area (Å²) in [6.07, 6.45) is 4.50. The number of nitrogens with zero attached hydrogens (tertiary/aromatic N) is 2. The normalized spacial score (nSPS) is 18.5. The molecule has 1 aliphatic heterocycles. The topological polar surface area (TPSA) is 169 Å². The van der Waals surface area contributed by atoms with Gasteiger partial charge in [-0.2, -0.15) is 0 Å². The molecule has 0 bridgehead atoms. The van der Waals surface area contributed by atoms with E-state index in [0.717, 1.165) is 19.3 Å². The predicted octanol–water partition coefficient (Wildman–Crippen LogP) is 3.59. The molecule has 0 atom stereocenters. The molecule has 268 valence electrons. The number of aliphatic imine (C=N–C) groups is 2. The smallest absolute Gasteiger partial charge is 0.264 e. The van der Waals surface area contributed by atoms with Crippen molar-refractivity contribution in [1.29, 1.82) is 0 Å². The Morgan fingerprint density at radius 2 is 1.10 bits per heavy atom. The van der Waals surface area contributed by atoms with Crippen molar-refractivity contribution in [2.24, 2.45) is 9.98 Å². The van der Waals surface area contributed by atoms with Gasteiger partial charge in [0.1, 0.15) is 5.84 Å². The van der Waals surface area contributed by atoms with E-state index in [9.17, 15) is 16.8 Å². The monoisotopic (exact) mass is 748 g/mol. The molecular formula is C31H46Cl2N6O7S2. The van der Waals surface area contributed by atoms with Crippen LogP contribution in [0.25, 0.3) is 0 Å². The number of sulfonamides is 2. The maximum atomic E-state index is 12.9. The lowest BCUT2D eigenvalue weighted by Gasteiger charge is -2.14. The average Bonchev–Trinajstić information content (AvgIpc) is 3.05. The second-order valence-electron chi connectivity index (χ2n) is 10.7. The van der Waals surface area contributed by atoms with Crippen molar-refractivity contribution in [3.8, 4) is 0 Å². The van der Waals surface area contributed by atoms with Crippen LogP contribution >= 0.6 is 23.2 Å². The molecule has 0 radical (unpaired) electrons. The summed E-state index contributed by atoms with van der Waals surface area (Å²) in [5, 5.41) is 7.23. The Kier molecular flexibility index (Phi) is 18.5. The first-order valence-corrected chi connectivity index (χ1v) is 19.7. The summed E-state index contributed by atoms with van der Waals surface area (Å²) in [6.45, 7) is 4.89. The summed E-state index contributed by atoms with van der Waals surface area (Å²) in [7, 11) is -7.67. The zero-order valence-electron chi connectivity index (χ0n) is 27.0. The maximum absolute atomic E-state index is 12.9. The second-order valence-corrected chi connectivity index (χ2v) is 15.0. The zero-order chi connectivity index (χ0) is 34.5. The minimum absolute atomic E-state index is 0.0836. The van der Waals surface area contributed by atoms with Crippen LogP contribution in [0.3, 0.4) is 0 Å². The summed E-state index contributed by atoms with van der Waals surface area (Å²) >= 11 is 11.8. The van der Waals surface area contributed by atoms with Gasteiger partial charge >= 0.3 is 0 Å². The zero-order valence-corrected chi connectivity index (χ0v) is 30.1. The van der Waals surface area contributed by atoms with Crippen LogP contribution in [0.15, 0.2) is 68.3 Å². The molecule has 2 aromatic rings. The first-order valence-electron chi connectivity index (χ1n) is 16.0. The van der Waals surface area contributed by atoms with E-state index in [-0.39, 0.29) is 22.3 Å². The highest BCUT2D eigenvalue weighted by Gasteiger charge is 2.17. The third kappa shape index (κ3) is 16.3. The summed E-state index contributed by atoms with van der Waals surface area (Å²) in [4.78, 5) is 9.11. The van der Waals surface area contributed by atoms with Gasteiger partial charge < -0.3 is 24.8 Å². The Balaban J connectivity index is 1.50. The standard InChI is InChI=1S/C31H46Cl2N6O7S2/c32-26-7-11-28(12-8-26)47(40,41)38-30-25-34-15-2-1-3-19-44-20-5-17-36-31(39-48(42,43)29-13-9-27(33)10-14-29)37-18-6-22-46-24-23-45-21-4-16-35-30/h7-14,34H,1-6,15-25H2,(H,35,38)(H2,36,37,39). The average molecular weight is 750 g/mol. The van der Waals surface area contributed by atoms with Gasteiger partial charge in [-0.15, -0.1) is 0 Å². The van der Waals surface area contributed by atoms with Gasteiger partial charge in [0, 0.05) is 56.1 Å². The number of rotatable bonds is 4. The highest BCUT2D eigenvalue weighted by molar-refractivity contribution is 7.90. The van der Waals surface area contributed by atoms with Crippen LogP contribution in [-0.4, -0.2) is 101 Å².